The Morgan fingerprint density at radius 3 is 2.50 bits per heavy atom. The summed E-state index contributed by atoms with van der Waals surface area (Å²) in [4.78, 5) is 25.5. The highest BCUT2D eigenvalue weighted by Crippen LogP contribution is 2.16. The first kappa shape index (κ1) is 16.2. The van der Waals surface area contributed by atoms with Crippen molar-refractivity contribution in [2.24, 2.45) is 0 Å². The molecule has 1 heterocycles. The smallest absolute Gasteiger partial charge is 0.261 e. The van der Waals surface area contributed by atoms with Gasteiger partial charge in [-0.3, -0.25) is 9.59 Å². The van der Waals surface area contributed by atoms with Gasteiger partial charge in [0.2, 0.25) is 5.91 Å². The van der Waals surface area contributed by atoms with Crippen molar-refractivity contribution in [3.8, 4) is 0 Å². The molecule has 0 aliphatic heterocycles. The number of hydrogen-bond acceptors (Lipinski definition) is 3. The van der Waals surface area contributed by atoms with E-state index >= 15 is 0 Å². The summed E-state index contributed by atoms with van der Waals surface area (Å²) in [5.41, 5.74) is 2.21. The van der Waals surface area contributed by atoms with Gasteiger partial charge in [-0.05, 0) is 44.0 Å². The van der Waals surface area contributed by atoms with Gasteiger partial charge in [-0.25, -0.2) is 0 Å². The van der Waals surface area contributed by atoms with E-state index in [4.69, 9.17) is 0 Å². The van der Waals surface area contributed by atoms with Crippen LogP contribution >= 0.6 is 11.3 Å². The van der Waals surface area contributed by atoms with E-state index in [-0.39, 0.29) is 24.4 Å². The number of nitrogens with one attached hydrogen (secondary N) is 2. The highest BCUT2D eigenvalue weighted by molar-refractivity contribution is 7.13. The molecule has 0 spiro atoms. The van der Waals surface area contributed by atoms with E-state index in [9.17, 15) is 9.59 Å². The lowest BCUT2D eigenvalue weighted by atomic mass is 10.0. The lowest BCUT2D eigenvalue weighted by Gasteiger charge is -2.16. The van der Waals surface area contributed by atoms with Crippen molar-refractivity contribution in [1.82, 2.24) is 10.6 Å². The molecule has 0 radical (unpaired) electrons. The summed E-state index contributed by atoms with van der Waals surface area (Å²) in [6.07, 6.45) is 0. The summed E-state index contributed by atoms with van der Waals surface area (Å²) >= 11 is 1.42. The van der Waals surface area contributed by atoms with Gasteiger partial charge >= 0.3 is 0 Å². The van der Waals surface area contributed by atoms with Crippen LogP contribution in [0.5, 0.6) is 0 Å². The van der Waals surface area contributed by atoms with Crippen molar-refractivity contribution in [3.05, 3.63) is 57.3 Å². The maximum Gasteiger partial charge on any atom is 0.261 e. The van der Waals surface area contributed by atoms with E-state index in [1.165, 1.54) is 11.3 Å². The highest BCUT2D eigenvalue weighted by atomic mass is 32.1. The molecule has 1 unspecified atom stereocenters. The fraction of sp³-hybridized carbons (Fsp3) is 0.294. The molecule has 2 rings (SSSR count). The van der Waals surface area contributed by atoms with Gasteiger partial charge in [-0.1, -0.05) is 24.3 Å². The maximum absolute atomic E-state index is 12.0. The standard InChI is InChI=1S/C17H20N2O2S/c1-11-6-4-5-7-14(11)13(3)19-16(20)10-18-17(21)15-9-8-12(2)22-15/h4-9,13H,10H2,1-3H3,(H,18,21)(H,19,20). The quantitative estimate of drug-likeness (QED) is 0.891. The Labute approximate surface area is 134 Å². The summed E-state index contributed by atoms with van der Waals surface area (Å²) in [6, 6.07) is 11.5. The zero-order valence-corrected chi connectivity index (χ0v) is 13.8. The number of carbonyl (C=O) groups excluding carboxylic acids is 2. The molecule has 0 saturated carbocycles. The Balaban J connectivity index is 1.85. The predicted octanol–water partition coefficient (Wildman–Crippen LogP) is 2.97. The van der Waals surface area contributed by atoms with Gasteiger partial charge in [0.15, 0.2) is 0 Å². The second-order valence-corrected chi connectivity index (χ2v) is 6.53. The molecule has 2 amide bonds. The third-order valence-electron chi connectivity index (χ3n) is 3.41. The summed E-state index contributed by atoms with van der Waals surface area (Å²) in [7, 11) is 0. The predicted molar refractivity (Wildman–Crippen MR) is 89.1 cm³/mol. The van der Waals surface area contributed by atoms with Crippen LogP contribution in [0.1, 0.15) is 38.6 Å². The summed E-state index contributed by atoms with van der Waals surface area (Å²) in [5, 5.41) is 5.54. The van der Waals surface area contributed by atoms with Crippen molar-refractivity contribution in [3.63, 3.8) is 0 Å². The number of benzene rings is 1. The summed E-state index contributed by atoms with van der Waals surface area (Å²) < 4.78 is 0. The molecule has 1 aromatic heterocycles. The molecule has 2 aromatic rings. The number of aryl methyl sites for hydroxylation is 2. The van der Waals surface area contributed by atoms with Crippen LogP contribution in [0.3, 0.4) is 0 Å². The molecule has 0 bridgehead atoms. The van der Waals surface area contributed by atoms with Gasteiger partial charge in [0.25, 0.3) is 5.91 Å². The first-order valence-corrected chi connectivity index (χ1v) is 7.98. The van der Waals surface area contributed by atoms with Gasteiger partial charge in [-0.15, -0.1) is 11.3 Å². The molecule has 0 fully saturated rings. The van der Waals surface area contributed by atoms with E-state index in [0.717, 1.165) is 16.0 Å². The van der Waals surface area contributed by atoms with Crippen LogP contribution in [0.15, 0.2) is 36.4 Å². The Morgan fingerprint density at radius 2 is 1.86 bits per heavy atom. The van der Waals surface area contributed by atoms with Gasteiger partial charge in [0.1, 0.15) is 0 Å². The number of thiophene rings is 1. The molecule has 0 aliphatic carbocycles. The second kappa shape index (κ2) is 7.22. The molecule has 22 heavy (non-hydrogen) atoms. The van der Waals surface area contributed by atoms with Crippen LogP contribution in [-0.2, 0) is 4.79 Å². The van der Waals surface area contributed by atoms with Crippen LogP contribution in [-0.4, -0.2) is 18.4 Å². The third kappa shape index (κ3) is 4.18. The normalized spacial score (nSPS) is 11.8. The molecule has 5 heteroatoms. The minimum atomic E-state index is -0.211. The van der Waals surface area contributed by atoms with Gasteiger partial charge in [0.05, 0.1) is 17.5 Å². The Hall–Kier alpha value is -2.14. The largest absolute Gasteiger partial charge is 0.348 e. The third-order valence-corrected chi connectivity index (χ3v) is 4.41. The number of carbonyl (C=O) groups is 2. The van der Waals surface area contributed by atoms with E-state index in [2.05, 4.69) is 10.6 Å². The molecule has 1 aromatic carbocycles. The first-order chi connectivity index (χ1) is 10.5. The zero-order chi connectivity index (χ0) is 16.1. The second-order valence-electron chi connectivity index (χ2n) is 5.24. The average molecular weight is 316 g/mol. The number of amides is 2. The van der Waals surface area contributed by atoms with E-state index in [1.54, 1.807) is 6.07 Å². The van der Waals surface area contributed by atoms with Crippen LogP contribution in [0.4, 0.5) is 0 Å². The molecule has 0 saturated heterocycles. The molecule has 2 N–H and O–H groups in total. The minimum Gasteiger partial charge on any atom is -0.348 e. The Kier molecular flexibility index (Phi) is 5.33. The molecule has 116 valence electrons. The van der Waals surface area contributed by atoms with Crippen molar-refractivity contribution in [2.45, 2.75) is 26.8 Å². The summed E-state index contributed by atoms with van der Waals surface area (Å²) in [5.74, 6) is -0.408. The SMILES string of the molecule is Cc1ccc(C(=O)NCC(=O)NC(C)c2ccccc2C)s1. The highest BCUT2D eigenvalue weighted by Gasteiger charge is 2.13. The fourth-order valence-corrected chi connectivity index (χ4v) is 3.03. The maximum atomic E-state index is 12.0. The first-order valence-electron chi connectivity index (χ1n) is 7.17. The molecular weight excluding hydrogens is 296 g/mol. The van der Waals surface area contributed by atoms with Crippen LogP contribution in [0.2, 0.25) is 0 Å². The molecule has 4 nitrogen and oxygen atoms in total. The zero-order valence-electron chi connectivity index (χ0n) is 13.0. The minimum absolute atomic E-state index is 0.0218. The number of hydrogen-bond donors (Lipinski definition) is 2. The average Bonchev–Trinajstić information content (AvgIpc) is 2.91. The summed E-state index contributed by atoms with van der Waals surface area (Å²) in [6.45, 7) is 5.87. The lowest BCUT2D eigenvalue weighted by Crippen LogP contribution is -2.37. The number of rotatable bonds is 5. The Morgan fingerprint density at radius 1 is 1.14 bits per heavy atom. The van der Waals surface area contributed by atoms with Crippen LogP contribution < -0.4 is 10.6 Å². The van der Waals surface area contributed by atoms with Crippen LogP contribution in [0.25, 0.3) is 0 Å². The molecule has 0 aliphatic rings. The van der Waals surface area contributed by atoms with Crippen LogP contribution in [0, 0.1) is 13.8 Å². The van der Waals surface area contributed by atoms with Crippen molar-refractivity contribution >= 4 is 23.2 Å². The van der Waals surface area contributed by atoms with Gasteiger partial charge in [-0.2, -0.15) is 0 Å². The molecule has 1 atom stereocenters. The van der Waals surface area contributed by atoms with Gasteiger partial charge in [0, 0.05) is 4.88 Å². The van der Waals surface area contributed by atoms with E-state index < -0.39 is 0 Å². The molecular formula is C17H20N2O2S. The van der Waals surface area contributed by atoms with Crippen molar-refractivity contribution in [1.29, 1.82) is 0 Å². The Bertz CT molecular complexity index is 679. The van der Waals surface area contributed by atoms with Gasteiger partial charge < -0.3 is 10.6 Å². The monoisotopic (exact) mass is 316 g/mol. The van der Waals surface area contributed by atoms with Crippen molar-refractivity contribution < 1.29 is 9.59 Å². The van der Waals surface area contributed by atoms with Crippen molar-refractivity contribution in [2.75, 3.05) is 6.54 Å². The van der Waals surface area contributed by atoms with E-state index in [0.29, 0.717) is 4.88 Å². The fourth-order valence-electron chi connectivity index (χ4n) is 2.25. The van der Waals surface area contributed by atoms with E-state index in [1.807, 2.05) is 51.1 Å². The lowest BCUT2D eigenvalue weighted by molar-refractivity contribution is -0.120. The topological polar surface area (TPSA) is 58.2 Å².